The number of hydrogen-bond donors (Lipinski definition) is 1. The van der Waals surface area contributed by atoms with E-state index in [9.17, 15) is 18.5 Å². The number of rotatable bonds is 7. The van der Waals surface area contributed by atoms with Gasteiger partial charge in [0, 0.05) is 12.2 Å². The lowest BCUT2D eigenvalue weighted by Gasteiger charge is -2.22. The molecule has 0 aromatic heterocycles. The Morgan fingerprint density at radius 3 is 2.46 bits per heavy atom. The zero-order chi connectivity index (χ0) is 19.2. The van der Waals surface area contributed by atoms with Crippen LogP contribution in [-0.2, 0) is 14.8 Å². The van der Waals surface area contributed by atoms with E-state index >= 15 is 0 Å². The number of para-hydroxylation sites is 1. The first-order chi connectivity index (χ1) is 12.4. The first-order valence-corrected chi connectivity index (χ1v) is 9.69. The lowest BCUT2D eigenvalue weighted by atomic mass is 10.2. The molecule has 0 aliphatic carbocycles. The number of nitriles is 1. The number of anilines is 1. The van der Waals surface area contributed by atoms with Crippen molar-refractivity contribution in [1.82, 2.24) is 4.31 Å². The van der Waals surface area contributed by atoms with Gasteiger partial charge in [-0.15, -0.1) is 0 Å². The SMILES string of the molecule is CCCN(CC(=O)Nc1ccccc1C)S(=O)(=O)c1ccccc1C#N. The highest BCUT2D eigenvalue weighted by Crippen LogP contribution is 2.20. The van der Waals surface area contributed by atoms with E-state index in [4.69, 9.17) is 0 Å². The second-order valence-corrected chi connectivity index (χ2v) is 7.72. The molecule has 7 heteroatoms. The van der Waals surface area contributed by atoms with E-state index in [-0.39, 0.29) is 23.5 Å². The van der Waals surface area contributed by atoms with E-state index in [1.165, 1.54) is 12.1 Å². The van der Waals surface area contributed by atoms with Gasteiger partial charge in [-0.3, -0.25) is 4.79 Å². The summed E-state index contributed by atoms with van der Waals surface area (Å²) >= 11 is 0. The van der Waals surface area contributed by atoms with E-state index in [0.717, 1.165) is 9.87 Å². The van der Waals surface area contributed by atoms with E-state index in [0.29, 0.717) is 12.1 Å². The van der Waals surface area contributed by atoms with Gasteiger partial charge in [-0.2, -0.15) is 9.57 Å². The predicted octanol–water partition coefficient (Wildman–Crippen LogP) is 2.91. The Labute approximate surface area is 154 Å². The van der Waals surface area contributed by atoms with E-state index in [2.05, 4.69) is 5.32 Å². The summed E-state index contributed by atoms with van der Waals surface area (Å²) in [4.78, 5) is 12.3. The molecule has 136 valence electrons. The lowest BCUT2D eigenvalue weighted by molar-refractivity contribution is -0.116. The summed E-state index contributed by atoms with van der Waals surface area (Å²) in [5, 5.41) is 11.9. The summed E-state index contributed by atoms with van der Waals surface area (Å²) in [7, 11) is -3.95. The molecule has 0 saturated heterocycles. The van der Waals surface area contributed by atoms with Crippen molar-refractivity contribution in [3.05, 3.63) is 59.7 Å². The van der Waals surface area contributed by atoms with Gasteiger partial charge >= 0.3 is 0 Å². The van der Waals surface area contributed by atoms with Crippen LogP contribution in [0.2, 0.25) is 0 Å². The van der Waals surface area contributed by atoms with Crippen LogP contribution in [0.1, 0.15) is 24.5 Å². The van der Waals surface area contributed by atoms with Gasteiger partial charge in [0.1, 0.15) is 6.07 Å². The van der Waals surface area contributed by atoms with Crippen LogP contribution in [0.4, 0.5) is 5.69 Å². The number of nitrogens with zero attached hydrogens (tertiary/aromatic N) is 2. The fourth-order valence-electron chi connectivity index (χ4n) is 2.52. The monoisotopic (exact) mass is 371 g/mol. The minimum atomic E-state index is -3.95. The van der Waals surface area contributed by atoms with Gasteiger partial charge in [0.05, 0.1) is 17.0 Å². The molecule has 0 fully saturated rings. The van der Waals surface area contributed by atoms with Crippen LogP contribution in [0.15, 0.2) is 53.4 Å². The van der Waals surface area contributed by atoms with E-state index in [1.807, 2.05) is 32.0 Å². The lowest BCUT2D eigenvalue weighted by Crippen LogP contribution is -2.38. The number of carbonyl (C=O) groups excluding carboxylic acids is 1. The number of amides is 1. The van der Waals surface area contributed by atoms with Crippen LogP contribution in [0.5, 0.6) is 0 Å². The Kier molecular flexibility index (Phi) is 6.50. The summed E-state index contributed by atoms with van der Waals surface area (Å²) < 4.78 is 27.0. The summed E-state index contributed by atoms with van der Waals surface area (Å²) in [6.45, 7) is 3.56. The molecule has 6 nitrogen and oxygen atoms in total. The zero-order valence-corrected chi connectivity index (χ0v) is 15.6. The molecular weight excluding hydrogens is 350 g/mol. The molecule has 0 aliphatic rings. The standard InChI is InChI=1S/C19H21N3O3S/c1-3-12-22(14-19(23)21-17-10-6-4-8-15(17)2)26(24,25)18-11-7-5-9-16(18)13-20/h4-11H,3,12,14H2,1-2H3,(H,21,23). The molecule has 26 heavy (non-hydrogen) atoms. The van der Waals surface area contributed by atoms with Gasteiger partial charge in [-0.25, -0.2) is 8.42 Å². The molecule has 0 radical (unpaired) electrons. The van der Waals surface area contributed by atoms with Gasteiger partial charge < -0.3 is 5.32 Å². The normalized spacial score (nSPS) is 11.2. The maximum atomic E-state index is 13.0. The largest absolute Gasteiger partial charge is 0.325 e. The Hall–Kier alpha value is -2.69. The summed E-state index contributed by atoms with van der Waals surface area (Å²) in [6.07, 6.45) is 0.547. The summed E-state index contributed by atoms with van der Waals surface area (Å²) in [5.74, 6) is -0.425. The predicted molar refractivity (Wildman–Crippen MR) is 100 cm³/mol. The molecular formula is C19H21N3O3S. The number of aryl methyl sites for hydroxylation is 1. The van der Waals surface area contributed by atoms with Crippen LogP contribution in [0.3, 0.4) is 0 Å². The molecule has 0 unspecified atom stereocenters. The van der Waals surface area contributed by atoms with Crippen molar-refractivity contribution in [2.75, 3.05) is 18.4 Å². The first kappa shape index (κ1) is 19.6. The molecule has 1 amide bonds. The minimum Gasteiger partial charge on any atom is -0.325 e. The highest BCUT2D eigenvalue weighted by Gasteiger charge is 2.28. The van der Waals surface area contributed by atoms with Crippen LogP contribution in [-0.4, -0.2) is 31.7 Å². The molecule has 1 N–H and O–H groups in total. The zero-order valence-electron chi connectivity index (χ0n) is 14.8. The quantitative estimate of drug-likeness (QED) is 0.810. The third-order valence-electron chi connectivity index (χ3n) is 3.84. The highest BCUT2D eigenvalue weighted by atomic mass is 32.2. The molecule has 0 spiro atoms. The van der Waals surface area contributed by atoms with Gasteiger partial charge in [-0.1, -0.05) is 37.3 Å². The smallest absolute Gasteiger partial charge is 0.244 e. The van der Waals surface area contributed by atoms with Crippen molar-refractivity contribution in [3.8, 4) is 6.07 Å². The van der Waals surface area contributed by atoms with Gasteiger partial charge in [-0.05, 0) is 37.1 Å². The first-order valence-electron chi connectivity index (χ1n) is 8.25. The number of nitrogens with one attached hydrogen (secondary N) is 1. The number of benzene rings is 2. The topological polar surface area (TPSA) is 90.3 Å². The second kappa shape index (κ2) is 8.61. The van der Waals surface area contributed by atoms with Crippen LogP contribution in [0.25, 0.3) is 0 Å². The van der Waals surface area contributed by atoms with Crippen molar-refractivity contribution < 1.29 is 13.2 Å². The minimum absolute atomic E-state index is 0.0629. The average Bonchev–Trinajstić information content (AvgIpc) is 2.63. The molecule has 0 atom stereocenters. The van der Waals surface area contributed by atoms with Gasteiger partial charge in [0.15, 0.2) is 0 Å². The molecule has 0 heterocycles. The Morgan fingerprint density at radius 2 is 1.81 bits per heavy atom. The van der Waals surface area contributed by atoms with Crippen molar-refractivity contribution in [2.24, 2.45) is 0 Å². The number of sulfonamides is 1. The average molecular weight is 371 g/mol. The van der Waals surface area contributed by atoms with Crippen molar-refractivity contribution >= 4 is 21.6 Å². The molecule has 2 aromatic rings. The Morgan fingerprint density at radius 1 is 1.15 bits per heavy atom. The molecule has 0 bridgehead atoms. The van der Waals surface area contributed by atoms with Crippen LogP contribution < -0.4 is 5.32 Å². The van der Waals surface area contributed by atoms with Gasteiger partial charge in [0.2, 0.25) is 15.9 Å². The third kappa shape index (κ3) is 4.48. The maximum absolute atomic E-state index is 13.0. The number of hydrogen-bond acceptors (Lipinski definition) is 4. The van der Waals surface area contributed by atoms with E-state index < -0.39 is 15.9 Å². The molecule has 0 aliphatic heterocycles. The Bertz CT molecular complexity index is 933. The van der Waals surface area contributed by atoms with Crippen LogP contribution >= 0.6 is 0 Å². The molecule has 0 saturated carbocycles. The third-order valence-corrected chi connectivity index (χ3v) is 5.74. The second-order valence-electron chi connectivity index (χ2n) is 5.81. The fraction of sp³-hybridized carbons (Fsp3) is 0.263. The van der Waals surface area contributed by atoms with E-state index in [1.54, 1.807) is 24.3 Å². The molecule has 2 rings (SSSR count). The number of carbonyl (C=O) groups is 1. The fourth-order valence-corrected chi connectivity index (χ4v) is 4.15. The highest BCUT2D eigenvalue weighted by molar-refractivity contribution is 7.89. The van der Waals surface area contributed by atoms with Crippen LogP contribution in [0, 0.1) is 18.3 Å². The van der Waals surface area contributed by atoms with Crippen molar-refractivity contribution in [1.29, 1.82) is 5.26 Å². The van der Waals surface area contributed by atoms with Crippen molar-refractivity contribution in [3.63, 3.8) is 0 Å². The summed E-state index contributed by atoms with van der Waals surface area (Å²) in [5.41, 5.74) is 1.59. The summed E-state index contributed by atoms with van der Waals surface area (Å²) in [6, 6.07) is 15.2. The Balaban J connectivity index is 2.26. The van der Waals surface area contributed by atoms with Gasteiger partial charge in [0.25, 0.3) is 0 Å². The molecule has 2 aromatic carbocycles. The maximum Gasteiger partial charge on any atom is 0.244 e. The van der Waals surface area contributed by atoms with Crippen molar-refractivity contribution in [2.45, 2.75) is 25.2 Å².